The van der Waals surface area contributed by atoms with E-state index in [0.29, 0.717) is 11.7 Å². The molecule has 0 aliphatic carbocycles. The molecule has 1 aliphatic rings. The zero-order valence-corrected chi connectivity index (χ0v) is 16.3. The molecule has 7 nitrogen and oxygen atoms in total. The van der Waals surface area contributed by atoms with Crippen molar-refractivity contribution in [2.75, 3.05) is 53.0 Å². The summed E-state index contributed by atoms with van der Waals surface area (Å²) in [5.41, 5.74) is -1.11. The Morgan fingerprint density at radius 2 is 2.19 bits per heavy atom. The fourth-order valence-electron chi connectivity index (χ4n) is 3.11. The van der Waals surface area contributed by atoms with Crippen LogP contribution in [-0.4, -0.2) is 69.0 Å². The van der Waals surface area contributed by atoms with Gasteiger partial charge in [0.2, 0.25) is 0 Å². The molecule has 1 aromatic rings. The van der Waals surface area contributed by atoms with Crippen molar-refractivity contribution in [1.82, 2.24) is 15.5 Å². The van der Waals surface area contributed by atoms with Crippen LogP contribution in [0.1, 0.15) is 32.4 Å². The smallest absolute Gasteiger partial charge is 0.191 e. The summed E-state index contributed by atoms with van der Waals surface area (Å²) in [6, 6.07) is 3.54. The molecule has 2 rings (SSSR count). The third-order valence-electron chi connectivity index (χ3n) is 4.82. The standard InChI is InChI=1S/C19H34N4O3/c1-4-20-18(22-15-19(2,24)17-6-5-12-26-17)21-14-16-7-9-23(10-8-16)11-13-25-3/h5-6,12,16,24H,4,7-11,13-15H2,1-3H3,(H2,20,21,22). The highest BCUT2D eigenvalue weighted by Gasteiger charge is 2.26. The average Bonchev–Trinajstić information content (AvgIpc) is 3.19. The molecule has 1 aromatic heterocycles. The number of hydrogen-bond donors (Lipinski definition) is 3. The molecule has 0 bridgehead atoms. The zero-order chi connectivity index (χ0) is 18.8. The normalized spacial score (nSPS) is 19.3. The van der Waals surface area contributed by atoms with Crippen LogP contribution in [0, 0.1) is 5.92 Å². The molecule has 7 heteroatoms. The van der Waals surface area contributed by atoms with Crippen molar-refractivity contribution in [3.63, 3.8) is 0 Å². The summed E-state index contributed by atoms with van der Waals surface area (Å²) in [5, 5.41) is 17.2. The van der Waals surface area contributed by atoms with Crippen LogP contribution in [0.3, 0.4) is 0 Å². The second-order valence-electron chi connectivity index (χ2n) is 7.11. The van der Waals surface area contributed by atoms with Crippen LogP contribution >= 0.6 is 0 Å². The fourth-order valence-corrected chi connectivity index (χ4v) is 3.11. The maximum Gasteiger partial charge on any atom is 0.191 e. The van der Waals surface area contributed by atoms with Gasteiger partial charge in [0.1, 0.15) is 11.4 Å². The van der Waals surface area contributed by atoms with Gasteiger partial charge in [0, 0.05) is 26.7 Å². The maximum atomic E-state index is 10.5. The van der Waals surface area contributed by atoms with E-state index >= 15 is 0 Å². The van der Waals surface area contributed by atoms with E-state index in [1.165, 1.54) is 12.8 Å². The molecule has 1 atom stereocenters. The van der Waals surface area contributed by atoms with Gasteiger partial charge in [-0.05, 0) is 57.8 Å². The number of furan rings is 1. The largest absolute Gasteiger partial charge is 0.466 e. The molecule has 2 heterocycles. The van der Waals surface area contributed by atoms with E-state index in [2.05, 4.69) is 20.5 Å². The zero-order valence-electron chi connectivity index (χ0n) is 16.3. The van der Waals surface area contributed by atoms with Crippen LogP contribution in [0.4, 0.5) is 0 Å². The van der Waals surface area contributed by atoms with Crippen molar-refractivity contribution in [3.05, 3.63) is 24.2 Å². The Bertz CT molecular complexity index is 523. The molecule has 1 saturated heterocycles. The molecule has 0 radical (unpaired) electrons. The monoisotopic (exact) mass is 366 g/mol. The number of ether oxygens (including phenoxy) is 1. The number of piperidine rings is 1. The Morgan fingerprint density at radius 1 is 1.42 bits per heavy atom. The Hall–Kier alpha value is -1.57. The first-order valence-electron chi connectivity index (χ1n) is 9.55. The lowest BCUT2D eigenvalue weighted by molar-refractivity contribution is 0.0437. The van der Waals surface area contributed by atoms with Gasteiger partial charge in [0.15, 0.2) is 5.96 Å². The number of nitrogens with zero attached hydrogens (tertiary/aromatic N) is 2. The van der Waals surface area contributed by atoms with Gasteiger partial charge in [-0.1, -0.05) is 0 Å². The highest BCUT2D eigenvalue weighted by molar-refractivity contribution is 5.79. The molecular weight excluding hydrogens is 332 g/mol. The topological polar surface area (TPSA) is 82.3 Å². The van der Waals surface area contributed by atoms with Gasteiger partial charge in [-0.25, -0.2) is 4.99 Å². The quantitative estimate of drug-likeness (QED) is 0.453. The molecule has 26 heavy (non-hydrogen) atoms. The van der Waals surface area contributed by atoms with E-state index in [4.69, 9.17) is 9.15 Å². The lowest BCUT2D eigenvalue weighted by atomic mass is 9.97. The predicted molar refractivity (Wildman–Crippen MR) is 103 cm³/mol. The highest BCUT2D eigenvalue weighted by Crippen LogP contribution is 2.21. The summed E-state index contributed by atoms with van der Waals surface area (Å²) >= 11 is 0. The lowest BCUT2D eigenvalue weighted by Gasteiger charge is -2.32. The van der Waals surface area contributed by atoms with Gasteiger partial charge in [0.25, 0.3) is 0 Å². The number of nitrogens with one attached hydrogen (secondary N) is 2. The maximum absolute atomic E-state index is 10.5. The summed E-state index contributed by atoms with van der Waals surface area (Å²) in [6.07, 6.45) is 3.93. The molecular formula is C19H34N4O3. The minimum Gasteiger partial charge on any atom is -0.466 e. The van der Waals surface area contributed by atoms with E-state index in [1.807, 2.05) is 6.92 Å². The Balaban J connectivity index is 1.79. The van der Waals surface area contributed by atoms with Crippen molar-refractivity contribution in [2.24, 2.45) is 10.9 Å². The van der Waals surface area contributed by atoms with Crippen molar-refractivity contribution >= 4 is 5.96 Å². The van der Waals surface area contributed by atoms with Crippen molar-refractivity contribution in [1.29, 1.82) is 0 Å². The molecule has 3 N–H and O–H groups in total. The molecule has 1 fully saturated rings. The van der Waals surface area contributed by atoms with E-state index in [9.17, 15) is 5.11 Å². The molecule has 1 unspecified atom stereocenters. The minimum atomic E-state index is -1.11. The van der Waals surface area contributed by atoms with Crippen LogP contribution < -0.4 is 10.6 Å². The summed E-state index contributed by atoms with van der Waals surface area (Å²) in [6.45, 7) is 9.73. The van der Waals surface area contributed by atoms with Crippen LogP contribution in [0.15, 0.2) is 27.8 Å². The summed E-state index contributed by atoms with van der Waals surface area (Å²) in [7, 11) is 1.75. The van der Waals surface area contributed by atoms with Crippen molar-refractivity contribution < 1.29 is 14.3 Å². The van der Waals surface area contributed by atoms with Gasteiger partial charge in [-0.15, -0.1) is 0 Å². The van der Waals surface area contributed by atoms with E-state index in [-0.39, 0.29) is 6.54 Å². The number of hydrogen-bond acceptors (Lipinski definition) is 5. The molecule has 148 valence electrons. The second-order valence-corrected chi connectivity index (χ2v) is 7.11. The number of methoxy groups -OCH3 is 1. The second kappa shape index (κ2) is 10.5. The molecule has 0 saturated carbocycles. The number of aliphatic imine (C=N–C) groups is 1. The average molecular weight is 367 g/mol. The Morgan fingerprint density at radius 3 is 2.81 bits per heavy atom. The number of aliphatic hydroxyl groups is 1. The first kappa shape index (κ1) is 20.7. The first-order chi connectivity index (χ1) is 12.5. The Labute approximate surface area is 156 Å². The van der Waals surface area contributed by atoms with Gasteiger partial charge in [0.05, 0.1) is 19.4 Å². The Kier molecular flexibility index (Phi) is 8.41. The molecule has 0 spiro atoms. The van der Waals surface area contributed by atoms with Crippen LogP contribution in [0.5, 0.6) is 0 Å². The molecule has 1 aliphatic heterocycles. The van der Waals surface area contributed by atoms with E-state index in [0.717, 1.165) is 45.3 Å². The van der Waals surface area contributed by atoms with Gasteiger partial charge < -0.3 is 29.8 Å². The van der Waals surface area contributed by atoms with Crippen molar-refractivity contribution in [3.8, 4) is 0 Å². The third-order valence-corrected chi connectivity index (χ3v) is 4.82. The van der Waals surface area contributed by atoms with E-state index < -0.39 is 5.60 Å². The summed E-state index contributed by atoms with van der Waals surface area (Å²) < 4.78 is 10.5. The van der Waals surface area contributed by atoms with Crippen LogP contribution in [0.25, 0.3) is 0 Å². The highest BCUT2D eigenvalue weighted by atomic mass is 16.5. The fraction of sp³-hybridized carbons (Fsp3) is 0.737. The van der Waals surface area contributed by atoms with Gasteiger partial charge >= 0.3 is 0 Å². The minimum absolute atomic E-state index is 0.241. The summed E-state index contributed by atoms with van der Waals surface area (Å²) in [5.74, 6) is 1.91. The summed E-state index contributed by atoms with van der Waals surface area (Å²) in [4.78, 5) is 7.00. The SMILES string of the molecule is CCNC(=NCC(C)(O)c1ccco1)NCC1CCN(CCOC)CC1. The van der Waals surface area contributed by atoms with Crippen LogP contribution in [-0.2, 0) is 10.3 Å². The molecule has 0 aromatic carbocycles. The lowest BCUT2D eigenvalue weighted by Crippen LogP contribution is -2.44. The van der Waals surface area contributed by atoms with E-state index in [1.54, 1.807) is 32.4 Å². The number of guanidine groups is 1. The van der Waals surface area contributed by atoms with Crippen molar-refractivity contribution in [2.45, 2.75) is 32.3 Å². The molecule has 0 amide bonds. The number of likely N-dealkylation sites (tertiary alicyclic amines) is 1. The first-order valence-corrected chi connectivity index (χ1v) is 9.55. The third kappa shape index (κ3) is 6.63. The van der Waals surface area contributed by atoms with Gasteiger partial charge in [-0.2, -0.15) is 0 Å². The van der Waals surface area contributed by atoms with Crippen LogP contribution in [0.2, 0.25) is 0 Å². The number of rotatable bonds is 9. The predicted octanol–water partition coefficient (Wildman–Crippen LogP) is 1.40. The van der Waals surface area contributed by atoms with Gasteiger partial charge in [-0.3, -0.25) is 0 Å².